The molecule has 0 atom stereocenters. The van der Waals surface area contributed by atoms with Crippen molar-refractivity contribution in [2.45, 2.75) is 19.9 Å². The Morgan fingerprint density at radius 2 is 1.62 bits per heavy atom. The van der Waals surface area contributed by atoms with Crippen LogP contribution in [0.3, 0.4) is 0 Å². The zero-order chi connectivity index (χ0) is 10.1. The zero-order valence-corrected chi connectivity index (χ0v) is 8.92. The summed E-state index contributed by atoms with van der Waals surface area (Å²) in [5.41, 5.74) is 11.0. The third kappa shape index (κ3) is 8.18. The van der Waals surface area contributed by atoms with Crippen LogP contribution in [0.25, 0.3) is 0 Å². The van der Waals surface area contributed by atoms with Gasteiger partial charge in [-0.25, -0.2) is 0 Å². The van der Waals surface area contributed by atoms with Crippen LogP contribution >= 0.6 is 0 Å². The van der Waals surface area contributed by atoms with Gasteiger partial charge >= 0.3 is 0 Å². The van der Waals surface area contributed by atoms with Crippen LogP contribution in [0.2, 0.25) is 0 Å². The van der Waals surface area contributed by atoms with Gasteiger partial charge in [-0.05, 0) is 0 Å². The maximum absolute atomic E-state index is 5.49. The molecule has 0 saturated heterocycles. The van der Waals surface area contributed by atoms with Crippen molar-refractivity contribution < 1.29 is 0 Å². The zero-order valence-electron chi connectivity index (χ0n) is 8.92. The van der Waals surface area contributed by atoms with Crippen molar-refractivity contribution in [3.63, 3.8) is 0 Å². The summed E-state index contributed by atoms with van der Waals surface area (Å²) in [6, 6.07) is 0.553. The Morgan fingerprint density at radius 3 is 2.00 bits per heavy atom. The van der Waals surface area contributed by atoms with Crippen LogP contribution < -0.4 is 16.8 Å². The molecule has 0 aliphatic rings. The van der Waals surface area contributed by atoms with Gasteiger partial charge < -0.3 is 16.8 Å². The molecule has 0 aromatic rings. The lowest BCUT2D eigenvalue weighted by Crippen LogP contribution is -2.39. The normalized spacial score (nSPS) is 11.5. The average molecular weight is 188 g/mol. The molecule has 4 nitrogen and oxygen atoms in total. The monoisotopic (exact) mass is 188 g/mol. The third-order valence-corrected chi connectivity index (χ3v) is 1.87. The van der Waals surface area contributed by atoms with E-state index in [-0.39, 0.29) is 0 Å². The van der Waals surface area contributed by atoms with Gasteiger partial charge in [0.25, 0.3) is 0 Å². The van der Waals surface area contributed by atoms with E-state index in [4.69, 9.17) is 11.5 Å². The number of hydrogen-bond acceptors (Lipinski definition) is 4. The Balaban J connectivity index is 3.44. The molecule has 4 heteroatoms. The number of nitrogens with one attached hydrogen (secondary N) is 1. The topological polar surface area (TPSA) is 67.3 Å². The Bertz CT molecular complexity index is 99.8. The Labute approximate surface area is 81.6 Å². The predicted octanol–water partition coefficient (Wildman–Crippen LogP) is -0.796. The van der Waals surface area contributed by atoms with E-state index in [1.807, 2.05) is 0 Å². The fourth-order valence-corrected chi connectivity index (χ4v) is 1.21. The van der Waals surface area contributed by atoms with Gasteiger partial charge in [-0.1, -0.05) is 13.8 Å². The van der Waals surface area contributed by atoms with Crippen LogP contribution in [0.1, 0.15) is 13.8 Å². The van der Waals surface area contributed by atoms with E-state index in [0.717, 1.165) is 26.2 Å². The van der Waals surface area contributed by atoms with E-state index in [1.165, 1.54) is 0 Å². The maximum Gasteiger partial charge on any atom is 0.0108 e. The van der Waals surface area contributed by atoms with Crippen molar-refractivity contribution in [3.05, 3.63) is 0 Å². The van der Waals surface area contributed by atoms with Gasteiger partial charge in [0.15, 0.2) is 0 Å². The highest BCUT2D eigenvalue weighted by Gasteiger charge is 2.01. The fraction of sp³-hybridized carbons (Fsp3) is 1.00. The van der Waals surface area contributed by atoms with E-state index in [2.05, 4.69) is 24.1 Å². The molecule has 0 aromatic carbocycles. The second kappa shape index (κ2) is 8.44. The minimum absolute atomic E-state index is 0.553. The summed E-state index contributed by atoms with van der Waals surface area (Å²) in [7, 11) is 0. The van der Waals surface area contributed by atoms with E-state index < -0.39 is 0 Å². The summed E-state index contributed by atoms with van der Waals surface area (Å²) in [6.45, 7) is 9.65. The summed E-state index contributed by atoms with van der Waals surface area (Å²) in [5, 5.41) is 3.37. The Hall–Kier alpha value is -0.160. The smallest absolute Gasteiger partial charge is 0.0108 e. The SMILES string of the molecule is CC(C)NCCN(CCN)CCN. The molecule has 5 N–H and O–H groups in total. The molecule has 0 saturated carbocycles. The predicted molar refractivity (Wildman–Crippen MR) is 57.7 cm³/mol. The van der Waals surface area contributed by atoms with Crippen LogP contribution in [0.15, 0.2) is 0 Å². The van der Waals surface area contributed by atoms with Gasteiger partial charge in [0.1, 0.15) is 0 Å². The summed E-state index contributed by atoms with van der Waals surface area (Å²) in [4.78, 5) is 2.29. The number of rotatable bonds is 8. The summed E-state index contributed by atoms with van der Waals surface area (Å²) in [6.07, 6.45) is 0. The van der Waals surface area contributed by atoms with Crippen molar-refractivity contribution in [1.29, 1.82) is 0 Å². The van der Waals surface area contributed by atoms with E-state index >= 15 is 0 Å². The molecule has 0 fully saturated rings. The second-order valence-electron chi connectivity index (χ2n) is 3.53. The van der Waals surface area contributed by atoms with Gasteiger partial charge in [0, 0.05) is 45.3 Å². The van der Waals surface area contributed by atoms with Gasteiger partial charge in [0.2, 0.25) is 0 Å². The minimum atomic E-state index is 0.553. The first kappa shape index (κ1) is 12.8. The first-order valence-corrected chi connectivity index (χ1v) is 5.06. The number of nitrogens with two attached hydrogens (primary N) is 2. The van der Waals surface area contributed by atoms with Crippen LogP contribution in [0.4, 0.5) is 0 Å². The number of hydrogen-bond donors (Lipinski definition) is 3. The molecule has 0 aliphatic carbocycles. The van der Waals surface area contributed by atoms with Crippen LogP contribution in [0.5, 0.6) is 0 Å². The van der Waals surface area contributed by atoms with Crippen LogP contribution in [0, 0.1) is 0 Å². The lowest BCUT2D eigenvalue weighted by atomic mass is 10.3. The van der Waals surface area contributed by atoms with Crippen molar-refractivity contribution in [2.75, 3.05) is 39.3 Å². The maximum atomic E-state index is 5.49. The Kier molecular flexibility index (Phi) is 8.33. The van der Waals surface area contributed by atoms with Crippen LogP contribution in [-0.2, 0) is 0 Å². The summed E-state index contributed by atoms with van der Waals surface area (Å²) < 4.78 is 0. The van der Waals surface area contributed by atoms with Crippen molar-refractivity contribution >= 4 is 0 Å². The molecule has 0 amide bonds. The first-order valence-electron chi connectivity index (χ1n) is 5.06. The molecular weight excluding hydrogens is 164 g/mol. The fourth-order valence-electron chi connectivity index (χ4n) is 1.21. The van der Waals surface area contributed by atoms with E-state index in [9.17, 15) is 0 Å². The molecule has 0 heterocycles. The highest BCUT2D eigenvalue weighted by Crippen LogP contribution is 1.85. The minimum Gasteiger partial charge on any atom is -0.329 e. The molecule has 0 rings (SSSR count). The van der Waals surface area contributed by atoms with E-state index in [0.29, 0.717) is 19.1 Å². The summed E-state index contributed by atoms with van der Waals surface area (Å²) >= 11 is 0. The van der Waals surface area contributed by atoms with Gasteiger partial charge in [-0.3, -0.25) is 4.90 Å². The Morgan fingerprint density at radius 1 is 1.08 bits per heavy atom. The lowest BCUT2D eigenvalue weighted by molar-refractivity contribution is 0.285. The second-order valence-corrected chi connectivity index (χ2v) is 3.53. The van der Waals surface area contributed by atoms with Crippen LogP contribution in [-0.4, -0.2) is 50.2 Å². The standard InChI is InChI=1S/C9H24N4/c1-9(2)12-5-8-13(6-3-10)7-4-11/h9,12H,3-8,10-11H2,1-2H3. The average Bonchev–Trinajstić information content (AvgIpc) is 2.04. The largest absolute Gasteiger partial charge is 0.329 e. The highest BCUT2D eigenvalue weighted by atomic mass is 15.1. The van der Waals surface area contributed by atoms with Gasteiger partial charge in [0.05, 0.1) is 0 Å². The molecule has 0 aromatic heterocycles. The van der Waals surface area contributed by atoms with E-state index in [1.54, 1.807) is 0 Å². The molecule has 0 spiro atoms. The summed E-state index contributed by atoms with van der Waals surface area (Å²) in [5.74, 6) is 0. The molecule has 0 unspecified atom stereocenters. The van der Waals surface area contributed by atoms with Crippen molar-refractivity contribution in [1.82, 2.24) is 10.2 Å². The number of nitrogens with zero attached hydrogens (tertiary/aromatic N) is 1. The third-order valence-electron chi connectivity index (χ3n) is 1.87. The first-order chi connectivity index (χ1) is 6.20. The highest BCUT2D eigenvalue weighted by molar-refractivity contribution is 4.62. The van der Waals surface area contributed by atoms with Crippen molar-refractivity contribution in [3.8, 4) is 0 Å². The molecular formula is C9H24N4. The van der Waals surface area contributed by atoms with Gasteiger partial charge in [-0.15, -0.1) is 0 Å². The quantitative estimate of drug-likeness (QED) is 0.467. The molecule has 0 aliphatic heterocycles. The molecule has 13 heavy (non-hydrogen) atoms. The molecule has 0 radical (unpaired) electrons. The molecule has 80 valence electrons. The lowest BCUT2D eigenvalue weighted by Gasteiger charge is -2.21. The van der Waals surface area contributed by atoms with Crippen molar-refractivity contribution in [2.24, 2.45) is 11.5 Å². The van der Waals surface area contributed by atoms with Gasteiger partial charge in [-0.2, -0.15) is 0 Å². The molecule has 0 bridgehead atoms.